The number of hydrogen-bond acceptors (Lipinski definition) is 4. The molecule has 96 valence electrons. The third kappa shape index (κ3) is 2.53. The van der Waals surface area contributed by atoms with E-state index in [1.54, 1.807) is 0 Å². The molecule has 0 aliphatic rings. The molecule has 6 heteroatoms. The van der Waals surface area contributed by atoms with Crippen LogP contribution in [0.1, 0.15) is 36.7 Å². The van der Waals surface area contributed by atoms with Gasteiger partial charge in [0, 0.05) is 18.1 Å². The van der Waals surface area contributed by atoms with E-state index < -0.39 is 17.7 Å². The van der Waals surface area contributed by atoms with Crippen molar-refractivity contribution in [2.75, 3.05) is 0 Å². The van der Waals surface area contributed by atoms with E-state index in [1.807, 2.05) is 6.92 Å². The van der Waals surface area contributed by atoms with Gasteiger partial charge >= 0.3 is 0 Å². The number of halogens is 2. The van der Waals surface area contributed by atoms with Crippen molar-refractivity contribution in [3.63, 3.8) is 0 Å². The summed E-state index contributed by atoms with van der Waals surface area (Å²) < 4.78 is 31.3. The summed E-state index contributed by atoms with van der Waals surface area (Å²) in [6, 6.07) is 2.35. The summed E-state index contributed by atoms with van der Waals surface area (Å²) in [7, 11) is 0. The molecule has 0 spiro atoms. The highest BCUT2D eigenvalue weighted by Gasteiger charge is 2.19. The van der Waals surface area contributed by atoms with Gasteiger partial charge in [-0.15, -0.1) is 0 Å². The van der Waals surface area contributed by atoms with E-state index in [0.717, 1.165) is 18.6 Å². The van der Waals surface area contributed by atoms with Gasteiger partial charge in [-0.1, -0.05) is 18.1 Å². The van der Waals surface area contributed by atoms with Crippen LogP contribution in [0.2, 0.25) is 0 Å². The van der Waals surface area contributed by atoms with Crippen molar-refractivity contribution in [1.82, 2.24) is 10.1 Å². The van der Waals surface area contributed by atoms with Crippen molar-refractivity contribution < 1.29 is 13.3 Å². The largest absolute Gasteiger partial charge is 0.339 e. The summed E-state index contributed by atoms with van der Waals surface area (Å²) in [5.41, 5.74) is 5.97. The Balaban J connectivity index is 2.26. The van der Waals surface area contributed by atoms with E-state index in [4.69, 9.17) is 10.3 Å². The zero-order valence-corrected chi connectivity index (χ0v) is 9.86. The predicted octanol–water partition coefficient (Wildman–Crippen LogP) is 2.35. The second-order valence-corrected chi connectivity index (χ2v) is 3.94. The zero-order chi connectivity index (χ0) is 13.1. The lowest BCUT2D eigenvalue weighted by molar-refractivity contribution is 0.370. The molecule has 2 aromatic rings. The molecule has 0 aliphatic carbocycles. The molecule has 0 aliphatic heterocycles. The van der Waals surface area contributed by atoms with Gasteiger partial charge in [-0.2, -0.15) is 4.98 Å². The Bertz CT molecular complexity index is 542. The van der Waals surface area contributed by atoms with Crippen LogP contribution in [-0.4, -0.2) is 10.1 Å². The van der Waals surface area contributed by atoms with Crippen molar-refractivity contribution in [3.05, 3.63) is 47.1 Å². The monoisotopic (exact) mass is 253 g/mol. The minimum atomic E-state index is -0.861. The highest BCUT2D eigenvalue weighted by molar-refractivity contribution is 5.26. The van der Waals surface area contributed by atoms with E-state index in [-0.39, 0.29) is 11.4 Å². The first-order valence-electron chi connectivity index (χ1n) is 5.64. The number of nitrogens with zero attached hydrogens (tertiary/aromatic N) is 2. The fourth-order valence-electron chi connectivity index (χ4n) is 1.60. The Morgan fingerprint density at radius 2 is 2.17 bits per heavy atom. The van der Waals surface area contributed by atoms with Crippen LogP contribution in [0, 0.1) is 11.6 Å². The van der Waals surface area contributed by atoms with Crippen molar-refractivity contribution in [2.24, 2.45) is 5.73 Å². The quantitative estimate of drug-likeness (QED) is 0.908. The van der Waals surface area contributed by atoms with Gasteiger partial charge in [0.1, 0.15) is 11.6 Å². The van der Waals surface area contributed by atoms with Crippen LogP contribution in [0.25, 0.3) is 0 Å². The molecule has 0 bridgehead atoms. The summed E-state index contributed by atoms with van der Waals surface area (Å²) in [5, 5.41) is 3.70. The van der Waals surface area contributed by atoms with Crippen LogP contribution in [0.5, 0.6) is 0 Å². The number of aromatic nitrogens is 2. The number of rotatable bonds is 4. The van der Waals surface area contributed by atoms with Crippen LogP contribution in [0.4, 0.5) is 8.78 Å². The van der Waals surface area contributed by atoms with Crippen molar-refractivity contribution in [2.45, 2.75) is 25.8 Å². The minimum Gasteiger partial charge on any atom is -0.339 e. The average Bonchev–Trinajstić information content (AvgIpc) is 2.77. The molecule has 1 unspecified atom stereocenters. The summed E-state index contributed by atoms with van der Waals surface area (Å²) >= 11 is 0. The molecule has 4 nitrogen and oxygen atoms in total. The normalized spacial score (nSPS) is 12.7. The lowest BCUT2D eigenvalue weighted by Gasteiger charge is -2.08. The van der Waals surface area contributed by atoms with Crippen LogP contribution >= 0.6 is 0 Å². The smallest absolute Gasteiger partial charge is 0.226 e. The van der Waals surface area contributed by atoms with E-state index in [0.29, 0.717) is 12.3 Å². The first-order valence-corrected chi connectivity index (χ1v) is 5.64. The number of hydrogen-bond donors (Lipinski definition) is 1. The fourth-order valence-corrected chi connectivity index (χ4v) is 1.60. The second kappa shape index (κ2) is 5.22. The number of nitrogens with two attached hydrogens (primary N) is 1. The van der Waals surface area contributed by atoms with Crippen LogP contribution < -0.4 is 5.73 Å². The van der Waals surface area contributed by atoms with Crippen LogP contribution in [0.15, 0.2) is 22.7 Å². The van der Waals surface area contributed by atoms with E-state index >= 15 is 0 Å². The van der Waals surface area contributed by atoms with Gasteiger partial charge in [-0.3, -0.25) is 0 Å². The summed E-state index contributed by atoms with van der Waals surface area (Å²) in [6.07, 6.45) is 1.51. The van der Waals surface area contributed by atoms with Gasteiger partial charge in [0.25, 0.3) is 0 Å². The number of benzene rings is 1. The summed E-state index contributed by atoms with van der Waals surface area (Å²) in [6.45, 7) is 1.98. The highest BCUT2D eigenvalue weighted by Crippen LogP contribution is 2.21. The molecule has 1 atom stereocenters. The van der Waals surface area contributed by atoms with Gasteiger partial charge in [0.15, 0.2) is 5.82 Å². The number of aryl methyl sites for hydroxylation is 1. The lowest BCUT2D eigenvalue weighted by atomic mass is 10.1. The van der Waals surface area contributed by atoms with Gasteiger partial charge in [-0.25, -0.2) is 8.78 Å². The molecular formula is C12H13F2N3O. The molecule has 1 aromatic carbocycles. The Hall–Kier alpha value is -1.82. The molecular weight excluding hydrogens is 240 g/mol. The van der Waals surface area contributed by atoms with E-state index in [1.165, 1.54) is 6.07 Å². The molecule has 1 heterocycles. The first kappa shape index (κ1) is 12.6. The third-order valence-corrected chi connectivity index (χ3v) is 2.52. The average molecular weight is 253 g/mol. The molecule has 0 saturated carbocycles. The van der Waals surface area contributed by atoms with E-state index in [2.05, 4.69) is 10.1 Å². The van der Waals surface area contributed by atoms with Crippen molar-refractivity contribution in [3.8, 4) is 0 Å². The molecule has 0 fully saturated rings. The topological polar surface area (TPSA) is 64.9 Å². The maximum Gasteiger partial charge on any atom is 0.226 e. The van der Waals surface area contributed by atoms with Gasteiger partial charge < -0.3 is 10.3 Å². The third-order valence-electron chi connectivity index (χ3n) is 2.52. The fraction of sp³-hybridized carbons (Fsp3) is 0.333. The standard InChI is InChI=1S/C12H13F2N3O/c1-2-3-10-16-12(17-18-10)11(15)8-5-4-7(13)6-9(8)14/h4-6,11H,2-3,15H2,1H3. The molecule has 0 radical (unpaired) electrons. The molecule has 0 saturated heterocycles. The Morgan fingerprint density at radius 3 is 2.83 bits per heavy atom. The van der Waals surface area contributed by atoms with Gasteiger partial charge in [-0.05, 0) is 12.5 Å². The SMILES string of the molecule is CCCc1nc(C(N)c2ccc(F)cc2F)no1. The Kier molecular flexibility index (Phi) is 3.66. The minimum absolute atomic E-state index is 0.139. The highest BCUT2D eigenvalue weighted by atomic mass is 19.1. The molecule has 2 rings (SSSR count). The lowest BCUT2D eigenvalue weighted by Crippen LogP contribution is -2.15. The van der Waals surface area contributed by atoms with Crippen LogP contribution in [-0.2, 0) is 6.42 Å². The Morgan fingerprint density at radius 1 is 1.39 bits per heavy atom. The molecule has 2 N–H and O–H groups in total. The van der Waals surface area contributed by atoms with Crippen molar-refractivity contribution in [1.29, 1.82) is 0 Å². The molecule has 1 aromatic heterocycles. The summed E-state index contributed by atoms with van der Waals surface area (Å²) in [5.74, 6) is -0.706. The first-order chi connectivity index (χ1) is 8.61. The maximum absolute atomic E-state index is 13.5. The van der Waals surface area contributed by atoms with Crippen molar-refractivity contribution >= 4 is 0 Å². The van der Waals surface area contributed by atoms with Crippen LogP contribution in [0.3, 0.4) is 0 Å². The zero-order valence-electron chi connectivity index (χ0n) is 9.86. The van der Waals surface area contributed by atoms with Gasteiger partial charge in [0.2, 0.25) is 5.89 Å². The summed E-state index contributed by atoms with van der Waals surface area (Å²) in [4.78, 5) is 4.08. The Labute approximate surface area is 103 Å². The molecule has 0 amide bonds. The predicted molar refractivity (Wildman–Crippen MR) is 60.7 cm³/mol. The van der Waals surface area contributed by atoms with Gasteiger partial charge in [0.05, 0.1) is 6.04 Å². The second-order valence-electron chi connectivity index (χ2n) is 3.94. The maximum atomic E-state index is 13.5. The van der Waals surface area contributed by atoms with E-state index in [9.17, 15) is 8.78 Å². The molecule has 18 heavy (non-hydrogen) atoms.